The average molecular weight is 249 g/mol. The fourth-order valence-electron chi connectivity index (χ4n) is 1.05. The van der Waals surface area contributed by atoms with Crippen molar-refractivity contribution in [1.82, 2.24) is 4.98 Å². The van der Waals surface area contributed by atoms with Gasteiger partial charge in [-0.1, -0.05) is 0 Å². The van der Waals surface area contributed by atoms with Crippen LogP contribution in [-0.2, 0) is 0 Å². The molecule has 0 aromatic carbocycles. The average Bonchev–Trinajstić information content (AvgIpc) is 2.27. The van der Waals surface area contributed by atoms with Crippen LogP contribution in [0.25, 0.3) is 0 Å². The van der Waals surface area contributed by atoms with Crippen LogP contribution in [0.3, 0.4) is 0 Å². The summed E-state index contributed by atoms with van der Waals surface area (Å²) in [5, 5.41) is 3.03. The maximum absolute atomic E-state index is 11.9. The molecule has 7 heteroatoms. The second kappa shape index (κ2) is 5.72. The van der Waals surface area contributed by atoms with Gasteiger partial charge in [-0.15, -0.1) is 0 Å². The van der Waals surface area contributed by atoms with Crippen molar-refractivity contribution in [3.8, 4) is 5.88 Å². The van der Waals surface area contributed by atoms with Crippen LogP contribution in [0.5, 0.6) is 5.88 Å². The molecule has 1 atom stereocenters. The van der Waals surface area contributed by atoms with E-state index in [-0.39, 0.29) is 11.9 Å². The highest BCUT2D eigenvalue weighted by atomic mass is 19.4. The minimum absolute atomic E-state index is 0.0618. The van der Waals surface area contributed by atoms with Crippen molar-refractivity contribution in [2.24, 2.45) is 5.73 Å². The number of rotatable bonds is 5. The molecule has 0 aliphatic heterocycles. The van der Waals surface area contributed by atoms with Crippen LogP contribution >= 0.6 is 0 Å². The number of hydrogen-bond acceptors (Lipinski definition) is 4. The molecule has 0 saturated carbocycles. The van der Waals surface area contributed by atoms with Crippen LogP contribution in [0, 0.1) is 0 Å². The fourth-order valence-corrected chi connectivity index (χ4v) is 1.05. The van der Waals surface area contributed by atoms with Gasteiger partial charge in [-0.05, 0) is 13.0 Å². The van der Waals surface area contributed by atoms with E-state index in [1.54, 1.807) is 6.07 Å². The Kier molecular flexibility index (Phi) is 4.56. The summed E-state index contributed by atoms with van der Waals surface area (Å²) in [4.78, 5) is 3.74. The van der Waals surface area contributed by atoms with Gasteiger partial charge in [-0.3, -0.25) is 0 Å². The van der Waals surface area contributed by atoms with Crippen molar-refractivity contribution in [3.05, 3.63) is 18.3 Å². The Labute approximate surface area is 97.0 Å². The van der Waals surface area contributed by atoms with Gasteiger partial charge in [-0.2, -0.15) is 13.2 Å². The van der Waals surface area contributed by atoms with Crippen molar-refractivity contribution >= 4 is 5.69 Å². The summed E-state index contributed by atoms with van der Waals surface area (Å²) in [5.74, 6) is -0.0618. The van der Waals surface area contributed by atoms with Crippen molar-refractivity contribution in [1.29, 1.82) is 0 Å². The van der Waals surface area contributed by atoms with Gasteiger partial charge in [0, 0.05) is 18.7 Å². The van der Waals surface area contributed by atoms with E-state index in [0.717, 1.165) is 0 Å². The number of nitrogens with two attached hydrogens (primary N) is 1. The van der Waals surface area contributed by atoms with E-state index in [1.165, 1.54) is 12.3 Å². The minimum atomic E-state index is -4.35. The van der Waals surface area contributed by atoms with Crippen LogP contribution in [-0.4, -0.2) is 30.4 Å². The third kappa shape index (κ3) is 5.39. The van der Waals surface area contributed by atoms with E-state index in [2.05, 4.69) is 15.0 Å². The van der Waals surface area contributed by atoms with Gasteiger partial charge in [0.2, 0.25) is 5.88 Å². The second-order valence-electron chi connectivity index (χ2n) is 3.57. The summed E-state index contributed by atoms with van der Waals surface area (Å²) in [7, 11) is 0. The quantitative estimate of drug-likeness (QED) is 0.835. The number of nitrogens with one attached hydrogen (secondary N) is 1. The monoisotopic (exact) mass is 249 g/mol. The number of pyridine rings is 1. The van der Waals surface area contributed by atoms with Gasteiger partial charge in [-0.25, -0.2) is 4.98 Å². The molecule has 1 aromatic heterocycles. The van der Waals surface area contributed by atoms with Crippen molar-refractivity contribution in [2.45, 2.75) is 19.1 Å². The first kappa shape index (κ1) is 13.6. The van der Waals surface area contributed by atoms with Crippen molar-refractivity contribution in [2.75, 3.05) is 18.5 Å². The van der Waals surface area contributed by atoms with E-state index in [0.29, 0.717) is 12.2 Å². The Bertz CT molecular complexity index is 340. The number of halogens is 3. The third-order valence-corrected chi connectivity index (χ3v) is 1.89. The molecule has 1 aromatic rings. The molecule has 0 bridgehead atoms. The Morgan fingerprint density at radius 1 is 1.47 bits per heavy atom. The van der Waals surface area contributed by atoms with Crippen LogP contribution in [0.4, 0.5) is 18.9 Å². The zero-order chi connectivity index (χ0) is 12.9. The molecule has 0 aliphatic carbocycles. The van der Waals surface area contributed by atoms with E-state index in [9.17, 15) is 13.2 Å². The lowest BCUT2D eigenvalue weighted by Crippen LogP contribution is -2.25. The molecule has 0 radical (unpaired) electrons. The summed E-state index contributed by atoms with van der Waals surface area (Å²) >= 11 is 0. The fraction of sp³-hybridized carbons (Fsp3) is 0.500. The normalized spacial score (nSPS) is 13.2. The second-order valence-corrected chi connectivity index (χ2v) is 3.57. The van der Waals surface area contributed by atoms with E-state index in [4.69, 9.17) is 5.73 Å². The highest BCUT2D eigenvalue weighted by Gasteiger charge is 2.28. The lowest BCUT2D eigenvalue weighted by atomic mass is 10.3. The first-order valence-corrected chi connectivity index (χ1v) is 5.03. The number of ether oxygens (including phenoxy) is 1. The van der Waals surface area contributed by atoms with Gasteiger partial charge < -0.3 is 15.8 Å². The van der Waals surface area contributed by atoms with E-state index >= 15 is 0 Å². The number of nitrogens with zero attached hydrogens (tertiary/aromatic N) is 1. The van der Waals surface area contributed by atoms with Crippen LogP contribution in [0.15, 0.2) is 18.3 Å². The van der Waals surface area contributed by atoms with Crippen LogP contribution < -0.4 is 15.8 Å². The molecule has 0 amide bonds. The zero-order valence-electron chi connectivity index (χ0n) is 9.29. The Morgan fingerprint density at radius 3 is 2.65 bits per heavy atom. The lowest BCUT2D eigenvalue weighted by molar-refractivity contribution is -0.154. The molecule has 17 heavy (non-hydrogen) atoms. The Balaban J connectivity index is 2.50. The van der Waals surface area contributed by atoms with Crippen LogP contribution in [0.1, 0.15) is 6.92 Å². The van der Waals surface area contributed by atoms with Crippen molar-refractivity contribution < 1.29 is 17.9 Å². The predicted octanol–water partition coefficient (Wildman–Crippen LogP) is 1.78. The summed E-state index contributed by atoms with van der Waals surface area (Å²) in [6.45, 7) is 0.992. The molecular weight excluding hydrogens is 235 g/mol. The van der Waals surface area contributed by atoms with Crippen molar-refractivity contribution in [3.63, 3.8) is 0 Å². The summed E-state index contributed by atoms with van der Waals surface area (Å²) < 4.78 is 40.0. The van der Waals surface area contributed by atoms with Gasteiger partial charge in [0.05, 0.1) is 11.9 Å². The van der Waals surface area contributed by atoms with E-state index in [1.807, 2.05) is 6.92 Å². The smallest absolute Gasteiger partial charge is 0.422 e. The molecule has 1 heterocycles. The summed E-state index contributed by atoms with van der Waals surface area (Å²) in [5.41, 5.74) is 6.10. The standard InChI is InChI=1S/C10H14F3N3O/c1-7(4-14)16-8-2-3-9(15-5-8)17-6-10(11,12)13/h2-3,5,7,16H,4,6,14H2,1H3. The molecule has 96 valence electrons. The molecule has 0 saturated heterocycles. The van der Waals surface area contributed by atoms with E-state index < -0.39 is 12.8 Å². The maximum atomic E-state index is 11.9. The largest absolute Gasteiger partial charge is 0.468 e. The summed E-state index contributed by atoms with van der Waals surface area (Å²) in [6.07, 6.45) is -2.95. The van der Waals surface area contributed by atoms with Gasteiger partial charge in [0.25, 0.3) is 0 Å². The topological polar surface area (TPSA) is 60.2 Å². The molecule has 1 rings (SSSR count). The van der Waals surface area contributed by atoms with Gasteiger partial charge >= 0.3 is 6.18 Å². The highest BCUT2D eigenvalue weighted by Crippen LogP contribution is 2.18. The first-order valence-electron chi connectivity index (χ1n) is 5.03. The highest BCUT2D eigenvalue weighted by molar-refractivity contribution is 5.42. The number of hydrogen-bond donors (Lipinski definition) is 2. The first-order chi connectivity index (χ1) is 7.90. The molecule has 1 unspecified atom stereocenters. The summed E-state index contributed by atoms with van der Waals surface area (Å²) in [6, 6.07) is 3.03. The number of aromatic nitrogens is 1. The minimum Gasteiger partial charge on any atom is -0.468 e. The van der Waals surface area contributed by atoms with Gasteiger partial charge in [0.1, 0.15) is 0 Å². The molecule has 3 N–H and O–H groups in total. The predicted molar refractivity (Wildman–Crippen MR) is 57.9 cm³/mol. The lowest BCUT2D eigenvalue weighted by Gasteiger charge is -2.13. The maximum Gasteiger partial charge on any atom is 0.422 e. The molecular formula is C10H14F3N3O. The third-order valence-electron chi connectivity index (χ3n) is 1.89. The van der Waals surface area contributed by atoms with Gasteiger partial charge in [0.15, 0.2) is 6.61 Å². The zero-order valence-corrected chi connectivity index (χ0v) is 9.29. The Hall–Kier alpha value is -1.50. The number of alkyl halides is 3. The number of anilines is 1. The Morgan fingerprint density at radius 2 is 2.18 bits per heavy atom. The molecule has 0 spiro atoms. The molecule has 0 aliphatic rings. The van der Waals surface area contributed by atoms with Crippen LogP contribution in [0.2, 0.25) is 0 Å². The SMILES string of the molecule is CC(CN)Nc1ccc(OCC(F)(F)F)nc1. The molecule has 4 nitrogen and oxygen atoms in total. The molecule has 0 fully saturated rings.